The van der Waals surface area contributed by atoms with Crippen molar-refractivity contribution >= 4 is 43.9 Å². The summed E-state index contributed by atoms with van der Waals surface area (Å²) in [6, 6.07) is 1.63. The topological polar surface area (TPSA) is 67.1 Å². The molecule has 6 nitrogen and oxygen atoms in total. The molecule has 4 heterocycles. The molecule has 0 spiro atoms. The molecule has 110 valence electrons. The molecule has 4 rings (SSSR count). The van der Waals surface area contributed by atoms with Crippen LogP contribution in [0.5, 0.6) is 0 Å². The normalized spacial score (nSPS) is 19.7. The van der Waals surface area contributed by atoms with Crippen molar-refractivity contribution in [1.29, 1.82) is 0 Å². The van der Waals surface area contributed by atoms with Crippen LogP contribution in [0.25, 0.3) is 15.3 Å². The number of fused-ring (bicyclic) bond motifs is 3. The molecule has 1 atom stereocenters. The molecule has 8 heteroatoms. The Morgan fingerprint density at radius 1 is 1.57 bits per heavy atom. The predicted molar refractivity (Wildman–Crippen MR) is 81.2 cm³/mol. The van der Waals surface area contributed by atoms with Crippen molar-refractivity contribution in [1.82, 2.24) is 14.3 Å². The van der Waals surface area contributed by atoms with Crippen LogP contribution in [0.4, 0.5) is 0 Å². The van der Waals surface area contributed by atoms with Gasteiger partial charge >= 0.3 is 0 Å². The zero-order valence-corrected chi connectivity index (χ0v) is 12.7. The first-order chi connectivity index (χ1) is 10.3. The highest BCUT2D eigenvalue weighted by atomic mass is 32.1. The van der Waals surface area contributed by atoms with Crippen LogP contribution in [0.2, 0.25) is 0 Å². The molecule has 21 heavy (non-hydrogen) atoms. The molecule has 0 aliphatic carbocycles. The van der Waals surface area contributed by atoms with E-state index in [1.54, 1.807) is 16.2 Å². The maximum absolute atomic E-state index is 12.6. The van der Waals surface area contributed by atoms with Gasteiger partial charge in [-0.05, 0) is 6.07 Å². The number of thiazole rings is 1. The summed E-state index contributed by atoms with van der Waals surface area (Å²) < 4.78 is 7.31. The Hall–Kier alpha value is -1.48. The van der Waals surface area contributed by atoms with Gasteiger partial charge in [-0.1, -0.05) is 0 Å². The predicted octanol–water partition coefficient (Wildman–Crippen LogP) is 1.44. The number of rotatable bonds is 2. The number of aliphatic hydroxyl groups is 1. The van der Waals surface area contributed by atoms with Crippen LogP contribution in [0.15, 0.2) is 17.6 Å². The smallest absolute Gasteiger partial charge is 0.264 e. The zero-order chi connectivity index (χ0) is 14.4. The largest absolute Gasteiger partial charge is 0.394 e. The second-order valence-corrected chi connectivity index (χ2v) is 6.78. The second kappa shape index (κ2) is 5.06. The summed E-state index contributed by atoms with van der Waals surface area (Å²) in [7, 11) is 0. The maximum atomic E-state index is 12.6. The van der Waals surface area contributed by atoms with Crippen LogP contribution in [-0.4, -0.2) is 57.7 Å². The first-order valence-electron chi connectivity index (χ1n) is 6.62. The van der Waals surface area contributed by atoms with Gasteiger partial charge in [-0.25, -0.2) is 4.98 Å². The van der Waals surface area contributed by atoms with E-state index in [1.165, 1.54) is 11.3 Å². The quantitative estimate of drug-likeness (QED) is 0.775. The number of morpholine rings is 1. The molecular weight excluding hydrogens is 310 g/mol. The average molecular weight is 323 g/mol. The Labute approximate surface area is 128 Å². The van der Waals surface area contributed by atoms with Gasteiger partial charge in [-0.15, -0.1) is 22.7 Å². The number of imidazole rings is 1. The highest BCUT2D eigenvalue weighted by Crippen LogP contribution is 2.29. The lowest BCUT2D eigenvalue weighted by atomic mass is 10.2. The van der Waals surface area contributed by atoms with E-state index in [0.29, 0.717) is 24.6 Å². The summed E-state index contributed by atoms with van der Waals surface area (Å²) in [5.74, 6) is -0.0515. The number of ether oxygens (including phenoxy) is 1. The number of hydrogen-bond acceptors (Lipinski definition) is 6. The van der Waals surface area contributed by atoms with Gasteiger partial charge in [0, 0.05) is 18.1 Å². The standard InChI is InChI=1S/C13H13N3O3S2/c17-6-8-7-19-3-1-15(8)12(18)10-5-9-11(21-10)14-13-16(9)2-4-20-13/h2,4-5,8,17H,1,3,6-7H2. The van der Waals surface area contributed by atoms with E-state index in [9.17, 15) is 9.90 Å². The molecule has 0 saturated carbocycles. The van der Waals surface area contributed by atoms with E-state index in [-0.39, 0.29) is 18.6 Å². The first-order valence-corrected chi connectivity index (χ1v) is 8.32. The van der Waals surface area contributed by atoms with Crippen molar-refractivity contribution in [3.63, 3.8) is 0 Å². The van der Waals surface area contributed by atoms with Crippen molar-refractivity contribution in [3.8, 4) is 0 Å². The lowest BCUT2D eigenvalue weighted by Crippen LogP contribution is -2.50. The summed E-state index contributed by atoms with van der Waals surface area (Å²) in [6.45, 7) is 1.34. The van der Waals surface area contributed by atoms with E-state index in [1.807, 2.05) is 22.0 Å². The van der Waals surface area contributed by atoms with Crippen molar-refractivity contribution < 1.29 is 14.6 Å². The number of carbonyl (C=O) groups excluding carboxylic acids is 1. The van der Waals surface area contributed by atoms with Crippen LogP contribution in [0.3, 0.4) is 0 Å². The summed E-state index contributed by atoms with van der Waals surface area (Å²) >= 11 is 2.98. The Balaban J connectivity index is 1.71. The number of carbonyl (C=O) groups is 1. The number of hydrogen-bond donors (Lipinski definition) is 1. The monoisotopic (exact) mass is 323 g/mol. The fourth-order valence-corrected chi connectivity index (χ4v) is 4.32. The zero-order valence-electron chi connectivity index (χ0n) is 11.1. The highest BCUT2D eigenvalue weighted by molar-refractivity contribution is 7.21. The molecule has 0 radical (unpaired) electrons. The number of aromatic nitrogens is 2. The van der Waals surface area contributed by atoms with Gasteiger partial charge in [0.25, 0.3) is 5.91 Å². The van der Waals surface area contributed by atoms with E-state index in [0.717, 1.165) is 15.3 Å². The van der Waals surface area contributed by atoms with Crippen molar-refractivity contribution in [2.75, 3.05) is 26.4 Å². The van der Waals surface area contributed by atoms with E-state index >= 15 is 0 Å². The summed E-state index contributed by atoms with van der Waals surface area (Å²) in [5.41, 5.74) is 0.966. The molecule has 3 aromatic heterocycles. The van der Waals surface area contributed by atoms with Gasteiger partial charge < -0.3 is 14.7 Å². The number of amides is 1. The van der Waals surface area contributed by atoms with Crippen molar-refractivity contribution in [3.05, 3.63) is 22.5 Å². The molecule has 3 aromatic rings. The summed E-state index contributed by atoms with van der Waals surface area (Å²) in [4.78, 5) is 21.3. The number of aliphatic hydroxyl groups excluding tert-OH is 1. The fraction of sp³-hybridized carbons (Fsp3) is 0.385. The molecule has 1 aliphatic heterocycles. The number of nitrogens with zero attached hydrogens (tertiary/aromatic N) is 3. The molecular formula is C13H13N3O3S2. The van der Waals surface area contributed by atoms with E-state index in [2.05, 4.69) is 4.98 Å². The average Bonchev–Trinajstić information content (AvgIpc) is 3.17. The van der Waals surface area contributed by atoms with Crippen LogP contribution in [0, 0.1) is 0 Å². The van der Waals surface area contributed by atoms with Gasteiger partial charge in [-0.3, -0.25) is 9.20 Å². The Bertz CT molecular complexity index is 806. The highest BCUT2D eigenvalue weighted by Gasteiger charge is 2.29. The second-order valence-electron chi connectivity index (χ2n) is 4.88. The summed E-state index contributed by atoms with van der Waals surface area (Å²) in [6.07, 6.45) is 1.96. The minimum absolute atomic E-state index is 0.0515. The third-order valence-electron chi connectivity index (χ3n) is 3.65. The lowest BCUT2D eigenvalue weighted by Gasteiger charge is -2.34. The van der Waals surface area contributed by atoms with Gasteiger partial charge in [0.05, 0.1) is 36.3 Å². The first kappa shape index (κ1) is 13.2. The van der Waals surface area contributed by atoms with Crippen LogP contribution >= 0.6 is 22.7 Å². The molecule has 1 fully saturated rings. The minimum Gasteiger partial charge on any atom is -0.394 e. The van der Waals surface area contributed by atoms with E-state index in [4.69, 9.17) is 4.74 Å². The van der Waals surface area contributed by atoms with Crippen LogP contribution in [-0.2, 0) is 4.74 Å². The molecule has 1 N–H and O–H groups in total. The third-order valence-corrected chi connectivity index (χ3v) is 5.41. The minimum atomic E-state index is -0.260. The van der Waals surface area contributed by atoms with Crippen LogP contribution < -0.4 is 0 Å². The SMILES string of the molecule is O=C(c1cc2c(nc3sccn32)s1)N1CCOCC1CO. The van der Waals surface area contributed by atoms with Crippen molar-refractivity contribution in [2.45, 2.75) is 6.04 Å². The fourth-order valence-electron chi connectivity index (χ4n) is 2.57. The van der Waals surface area contributed by atoms with Crippen LogP contribution in [0.1, 0.15) is 9.67 Å². The molecule has 1 amide bonds. The molecule has 0 bridgehead atoms. The lowest BCUT2D eigenvalue weighted by molar-refractivity contribution is -0.0181. The molecule has 0 aromatic carbocycles. The Morgan fingerprint density at radius 2 is 2.48 bits per heavy atom. The Kier molecular flexibility index (Phi) is 3.18. The Morgan fingerprint density at radius 3 is 3.33 bits per heavy atom. The number of thiophene rings is 1. The van der Waals surface area contributed by atoms with Gasteiger partial charge in [0.2, 0.25) is 0 Å². The van der Waals surface area contributed by atoms with Gasteiger partial charge in [0.1, 0.15) is 4.83 Å². The van der Waals surface area contributed by atoms with E-state index < -0.39 is 0 Å². The third kappa shape index (κ3) is 2.06. The van der Waals surface area contributed by atoms with Gasteiger partial charge in [-0.2, -0.15) is 0 Å². The molecule has 1 saturated heterocycles. The maximum Gasteiger partial charge on any atom is 0.264 e. The van der Waals surface area contributed by atoms with Crippen molar-refractivity contribution in [2.24, 2.45) is 0 Å². The summed E-state index contributed by atoms with van der Waals surface area (Å²) in [5, 5.41) is 11.4. The van der Waals surface area contributed by atoms with Gasteiger partial charge in [0.15, 0.2) is 4.96 Å². The molecule has 1 aliphatic rings. The molecule has 1 unspecified atom stereocenters.